The summed E-state index contributed by atoms with van der Waals surface area (Å²) in [6.07, 6.45) is 3.81. The zero-order valence-electron chi connectivity index (χ0n) is 9.89. The number of rotatable bonds is 1. The Bertz CT molecular complexity index is 388. The molecule has 1 aromatic carbocycles. The predicted octanol–water partition coefficient (Wildman–Crippen LogP) is 2.10. The largest absolute Gasteiger partial charge is 0.323 e. The third-order valence-electron chi connectivity index (χ3n) is 4.29. The Balaban J connectivity index is 1.86. The fourth-order valence-electron chi connectivity index (χ4n) is 3.38. The first-order chi connectivity index (χ1) is 7.77. The standard InChI is InChI=1S/C14H20N2/c1-10-5-4-8-16(10)13-9-11-6-2-3-7-12(11)14(13)15/h2-3,6-7,10,13-14H,4-5,8-9,15H2,1H3. The Morgan fingerprint density at radius 2 is 2.12 bits per heavy atom. The molecule has 0 aromatic heterocycles. The molecule has 0 amide bonds. The highest BCUT2D eigenvalue weighted by Crippen LogP contribution is 2.35. The molecular weight excluding hydrogens is 196 g/mol. The van der Waals surface area contributed by atoms with E-state index in [4.69, 9.17) is 5.73 Å². The van der Waals surface area contributed by atoms with Gasteiger partial charge in [-0.25, -0.2) is 0 Å². The smallest absolute Gasteiger partial charge is 0.0459 e. The van der Waals surface area contributed by atoms with Crippen molar-refractivity contribution in [1.82, 2.24) is 4.90 Å². The molecule has 0 bridgehead atoms. The first-order valence-electron chi connectivity index (χ1n) is 6.36. The minimum atomic E-state index is 0.219. The first kappa shape index (κ1) is 10.3. The second-order valence-electron chi connectivity index (χ2n) is 5.23. The van der Waals surface area contributed by atoms with Gasteiger partial charge in [0.2, 0.25) is 0 Å². The molecule has 1 fully saturated rings. The van der Waals surface area contributed by atoms with Crippen LogP contribution in [0.3, 0.4) is 0 Å². The quantitative estimate of drug-likeness (QED) is 0.779. The average Bonchev–Trinajstić information content (AvgIpc) is 2.84. The Hall–Kier alpha value is -0.860. The van der Waals surface area contributed by atoms with Crippen LogP contribution in [0.4, 0.5) is 0 Å². The van der Waals surface area contributed by atoms with Crippen LogP contribution in [0.2, 0.25) is 0 Å². The zero-order valence-corrected chi connectivity index (χ0v) is 9.89. The van der Waals surface area contributed by atoms with Crippen LogP contribution >= 0.6 is 0 Å². The molecule has 1 saturated heterocycles. The van der Waals surface area contributed by atoms with Gasteiger partial charge in [0, 0.05) is 18.1 Å². The van der Waals surface area contributed by atoms with Gasteiger partial charge in [0.1, 0.15) is 0 Å². The van der Waals surface area contributed by atoms with Gasteiger partial charge in [0.25, 0.3) is 0 Å². The van der Waals surface area contributed by atoms with Crippen LogP contribution in [-0.4, -0.2) is 23.5 Å². The highest BCUT2D eigenvalue weighted by Gasteiger charge is 2.37. The van der Waals surface area contributed by atoms with Gasteiger partial charge >= 0.3 is 0 Å². The summed E-state index contributed by atoms with van der Waals surface area (Å²) >= 11 is 0. The van der Waals surface area contributed by atoms with E-state index in [2.05, 4.69) is 36.1 Å². The van der Waals surface area contributed by atoms with Crippen molar-refractivity contribution in [3.63, 3.8) is 0 Å². The Morgan fingerprint density at radius 3 is 2.81 bits per heavy atom. The van der Waals surface area contributed by atoms with E-state index >= 15 is 0 Å². The summed E-state index contributed by atoms with van der Waals surface area (Å²) in [6.45, 7) is 3.57. The van der Waals surface area contributed by atoms with Gasteiger partial charge in [-0.15, -0.1) is 0 Å². The lowest BCUT2D eigenvalue weighted by molar-refractivity contribution is 0.174. The van der Waals surface area contributed by atoms with Crippen LogP contribution in [0.5, 0.6) is 0 Å². The minimum absolute atomic E-state index is 0.219. The van der Waals surface area contributed by atoms with Gasteiger partial charge in [-0.05, 0) is 43.9 Å². The number of hydrogen-bond acceptors (Lipinski definition) is 2. The maximum Gasteiger partial charge on any atom is 0.0459 e. The fourth-order valence-corrected chi connectivity index (χ4v) is 3.38. The van der Waals surface area contributed by atoms with Crippen molar-refractivity contribution in [2.75, 3.05) is 6.54 Å². The number of nitrogens with zero attached hydrogens (tertiary/aromatic N) is 1. The summed E-state index contributed by atoms with van der Waals surface area (Å²) in [4.78, 5) is 2.62. The molecule has 2 aliphatic rings. The lowest BCUT2D eigenvalue weighted by Crippen LogP contribution is -2.42. The normalized spacial score (nSPS) is 34.2. The van der Waals surface area contributed by atoms with Gasteiger partial charge in [-0.3, -0.25) is 4.90 Å². The van der Waals surface area contributed by atoms with Crippen LogP contribution in [0.25, 0.3) is 0 Å². The number of benzene rings is 1. The van der Waals surface area contributed by atoms with Crippen molar-refractivity contribution in [1.29, 1.82) is 0 Å². The summed E-state index contributed by atoms with van der Waals surface area (Å²) < 4.78 is 0. The summed E-state index contributed by atoms with van der Waals surface area (Å²) in [6, 6.07) is 10.1. The lowest BCUT2D eigenvalue weighted by atomic mass is 10.1. The van der Waals surface area contributed by atoms with Gasteiger partial charge in [0.15, 0.2) is 0 Å². The van der Waals surface area contributed by atoms with E-state index in [1.807, 2.05) is 0 Å². The van der Waals surface area contributed by atoms with Crippen LogP contribution in [0.1, 0.15) is 36.9 Å². The number of fused-ring (bicyclic) bond motifs is 1. The van der Waals surface area contributed by atoms with Crippen LogP contribution in [0.15, 0.2) is 24.3 Å². The van der Waals surface area contributed by atoms with E-state index in [0.29, 0.717) is 12.1 Å². The third kappa shape index (κ3) is 1.48. The average molecular weight is 216 g/mol. The Morgan fingerprint density at radius 1 is 1.31 bits per heavy atom. The molecular formula is C14H20N2. The molecule has 3 atom stereocenters. The van der Waals surface area contributed by atoms with E-state index in [9.17, 15) is 0 Å². The molecule has 2 heteroatoms. The van der Waals surface area contributed by atoms with E-state index in [1.165, 1.54) is 30.5 Å². The number of nitrogens with two attached hydrogens (primary N) is 1. The summed E-state index contributed by atoms with van der Waals surface area (Å²) in [7, 11) is 0. The molecule has 16 heavy (non-hydrogen) atoms. The molecule has 0 saturated carbocycles. The van der Waals surface area contributed by atoms with Crippen LogP contribution in [-0.2, 0) is 6.42 Å². The Labute approximate surface area is 97.4 Å². The molecule has 3 rings (SSSR count). The molecule has 86 valence electrons. The van der Waals surface area contributed by atoms with Crippen molar-refractivity contribution >= 4 is 0 Å². The second kappa shape index (κ2) is 3.86. The van der Waals surface area contributed by atoms with Crippen LogP contribution < -0.4 is 5.73 Å². The Kier molecular flexibility index (Phi) is 2.49. The van der Waals surface area contributed by atoms with E-state index in [-0.39, 0.29) is 6.04 Å². The number of likely N-dealkylation sites (tertiary alicyclic amines) is 1. The lowest BCUT2D eigenvalue weighted by Gasteiger charge is -2.31. The minimum Gasteiger partial charge on any atom is -0.323 e. The molecule has 2 nitrogen and oxygen atoms in total. The van der Waals surface area contributed by atoms with Crippen molar-refractivity contribution < 1.29 is 0 Å². The molecule has 0 spiro atoms. The van der Waals surface area contributed by atoms with Gasteiger partial charge in [-0.2, -0.15) is 0 Å². The maximum atomic E-state index is 6.39. The van der Waals surface area contributed by atoms with Crippen molar-refractivity contribution in [2.45, 2.75) is 44.3 Å². The van der Waals surface area contributed by atoms with E-state index in [0.717, 1.165) is 6.42 Å². The maximum absolute atomic E-state index is 6.39. The molecule has 1 aliphatic carbocycles. The second-order valence-corrected chi connectivity index (χ2v) is 5.23. The monoisotopic (exact) mass is 216 g/mol. The summed E-state index contributed by atoms with van der Waals surface area (Å²) in [5.41, 5.74) is 9.22. The SMILES string of the molecule is CC1CCCN1C1Cc2ccccc2C1N. The third-order valence-corrected chi connectivity index (χ3v) is 4.29. The van der Waals surface area contributed by atoms with Gasteiger partial charge in [0.05, 0.1) is 0 Å². The van der Waals surface area contributed by atoms with Crippen LogP contribution in [0, 0.1) is 0 Å². The molecule has 2 N–H and O–H groups in total. The van der Waals surface area contributed by atoms with Crippen molar-refractivity contribution in [2.24, 2.45) is 5.73 Å². The molecule has 1 aliphatic heterocycles. The molecule has 3 unspecified atom stereocenters. The van der Waals surface area contributed by atoms with E-state index < -0.39 is 0 Å². The van der Waals surface area contributed by atoms with Crippen molar-refractivity contribution in [3.05, 3.63) is 35.4 Å². The van der Waals surface area contributed by atoms with E-state index in [1.54, 1.807) is 0 Å². The summed E-state index contributed by atoms with van der Waals surface area (Å²) in [5, 5.41) is 0. The zero-order chi connectivity index (χ0) is 11.1. The highest BCUT2D eigenvalue weighted by atomic mass is 15.2. The topological polar surface area (TPSA) is 29.3 Å². The molecule has 0 radical (unpaired) electrons. The van der Waals surface area contributed by atoms with Gasteiger partial charge in [-0.1, -0.05) is 24.3 Å². The highest BCUT2D eigenvalue weighted by molar-refractivity contribution is 5.37. The molecule has 1 aromatic rings. The molecule has 1 heterocycles. The predicted molar refractivity (Wildman–Crippen MR) is 66.3 cm³/mol. The number of hydrogen-bond donors (Lipinski definition) is 1. The fraction of sp³-hybridized carbons (Fsp3) is 0.571. The van der Waals surface area contributed by atoms with Crippen molar-refractivity contribution in [3.8, 4) is 0 Å². The first-order valence-corrected chi connectivity index (χ1v) is 6.36. The van der Waals surface area contributed by atoms with Gasteiger partial charge < -0.3 is 5.73 Å². The summed E-state index contributed by atoms with van der Waals surface area (Å²) in [5.74, 6) is 0.